The number of unbranched alkanes of at least 4 members (excludes halogenated alkanes) is 6. The number of para-hydroxylation sites is 1. The molecule has 1 atom stereocenters. The number of hydrogen-bond donors (Lipinski definition) is 3. The Bertz CT molecular complexity index is 751. The zero-order valence-corrected chi connectivity index (χ0v) is 16.5. The Kier molecular flexibility index (Phi) is 8.37. The van der Waals surface area contributed by atoms with E-state index in [9.17, 15) is 14.7 Å². The summed E-state index contributed by atoms with van der Waals surface area (Å²) >= 11 is 0. The smallest absolute Gasteiger partial charge is 0.326 e. The second-order valence-corrected chi connectivity index (χ2v) is 7.31. The van der Waals surface area contributed by atoms with Gasteiger partial charge in [-0.3, -0.25) is 4.79 Å². The second kappa shape index (κ2) is 10.8. The number of carboxylic acid groups (broad SMARTS) is 1. The minimum absolute atomic E-state index is 0.173. The Morgan fingerprint density at radius 1 is 1.07 bits per heavy atom. The fourth-order valence-corrected chi connectivity index (χ4v) is 3.51. The fourth-order valence-electron chi connectivity index (χ4n) is 3.51. The van der Waals surface area contributed by atoms with E-state index in [-0.39, 0.29) is 12.3 Å². The number of carbonyl (C=O) groups excluding carboxylic acids is 1. The topological polar surface area (TPSA) is 82.2 Å². The molecule has 0 aliphatic rings. The molecule has 2 aromatic rings. The predicted molar refractivity (Wildman–Crippen MR) is 109 cm³/mol. The number of aliphatic carboxylic acids is 1. The van der Waals surface area contributed by atoms with E-state index in [1.54, 1.807) is 0 Å². The molecule has 0 unspecified atom stereocenters. The molecule has 148 valence electrons. The SMILES string of the molecule is CCCCCCCCCC(=O)N[C@@H](Cc1c(C)[nH]c2ccccc12)C(=O)O. The van der Waals surface area contributed by atoms with Crippen molar-refractivity contribution in [3.05, 3.63) is 35.5 Å². The van der Waals surface area contributed by atoms with Gasteiger partial charge in [-0.05, 0) is 25.0 Å². The number of aromatic nitrogens is 1. The van der Waals surface area contributed by atoms with Crippen LogP contribution in [-0.2, 0) is 16.0 Å². The number of H-pyrrole nitrogens is 1. The summed E-state index contributed by atoms with van der Waals surface area (Å²) in [4.78, 5) is 27.1. The number of rotatable bonds is 12. The van der Waals surface area contributed by atoms with Gasteiger partial charge in [-0.25, -0.2) is 4.79 Å². The highest BCUT2D eigenvalue weighted by molar-refractivity contribution is 5.87. The average Bonchev–Trinajstić information content (AvgIpc) is 2.95. The lowest BCUT2D eigenvalue weighted by molar-refractivity contribution is -0.141. The van der Waals surface area contributed by atoms with Gasteiger partial charge in [0.05, 0.1) is 0 Å². The molecule has 0 aliphatic carbocycles. The van der Waals surface area contributed by atoms with Crippen LogP contribution in [0.25, 0.3) is 10.9 Å². The van der Waals surface area contributed by atoms with Gasteiger partial charge < -0.3 is 15.4 Å². The van der Waals surface area contributed by atoms with Crippen LogP contribution in [-0.4, -0.2) is 28.0 Å². The number of fused-ring (bicyclic) bond motifs is 1. The standard InChI is InChI=1S/C22H32N2O3/c1-3-4-5-6-7-8-9-14-21(25)24-20(22(26)27)15-18-16(2)23-19-13-11-10-12-17(18)19/h10-13,20,23H,3-9,14-15H2,1-2H3,(H,24,25)(H,26,27)/t20-/m0/s1. The summed E-state index contributed by atoms with van der Waals surface area (Å²) in [5.41, 5.74) is 2.89. The molecule has 0 saturated heterocycles. The van der Waals surface area contributed by atoms with Gasteiger partial charge >= 0.3 is 5.97 Å². The fraction of sp³-hybridized carbons (Fsp3) is 0.545. The van der Waals surface area contributed by atoms with Crippen LogP contribution < -0.4 is 5.32 Å². The van der Waals surface area contributed by atoms with Crippen LogP contribution >= 0.6 is 0 Å². The minimum atomic E-state index is -0.993. The van der Waals surface area contributed by atoms with Gasteiger partial charge in [0, 0.05) is 29.4 Å². The van der Waals surface area contributed by atoms with Crippen molar-refractivity contribution in [3.8, 4) is 0 Å². The molecule has 0 fully saturated rings. The molecular formula is C22H32N2O3. The first-order chi connectivity index (χ1) is 13.0. The zero-order valence-electron chi connectivity index (χ0n) is 16.5. The Labute approximate surface area is 161 Å². The first kappa shape index (κ1) is 21.0. The van der Waals surface area contributed by atoms with E-state index in [0.29, 0.717) is 6.42 Å². The van der Waals surface area contributed by atoms with Gasteiger partial charge in [0.15, 0.2) is 0 Å². The maximum absolute atomic E-state index is 12.2. The number of carbonyl (C=O) groups is 2. The van der Waals surface area contributed by atoms with E-state index >= 15 is 0 Å². The molecular weight excluding hydrogens is 340 g/mol. The predicted octanol–water partition coefficient (Wildman–Crippen LogP) is 4.73. The van der Waals surface area contributed by atoms with Gasteiger partial charge in [-0.15, -0.1) is 0 Å². The molecule has 1 amide bonds. The zero-order chi connectivity index (χ0) is 19.6. The summed E-state index contributed by atoms with van der Waals surface area (Å²) in [6, 6.07) is 6.93. The molecule has 1 heterocycles. The van der Waals surface area contributed by atoms with Gasteiger partial charge in [0.1, 0.15) is 6.04 Å². The number of hydrogen-bond acceptors (Lipinski definition) is 2. The molecule has 27 heavy (non-hydrogen) atoms. The lowest BCUT2D eigenvalue weighted by Crippen LogP contribution is -2.42. The van der Waals surface area contributed by atoms with Gasteiger partial charge in [-0.1, -0.05) is 63.6 Å². The van der Waals surface area contributed by atoms with Crippen LogP contribution in [0.2, 0.25) is 0 Å². The number of carboxylic acids is 1. The second-order valence-electron chi connectivity index (χ2n) is 7.31. The van der Waals surface area contributed by atoms with Crippen LogP contribution in [0.3, 0.4) is 0 Å². The third-order valence-corrected chi connectivity index (χ3v) is 5.08. The molecule has 5 nitrogen and oxygen atoms in total. The lowest BCUT2D eigenvalue weighted by atomic mass is 10.0. The maximum Gasteiger partial charge on any atom is 0.326 e. The van der Waals surface area contributed by atoms with Crippen LogP contribution in [0, 0.1) is 6.92 Å². The maximum atomic E-state index is 12.2. The van der Waals surface area contributed by atoms with Gasteiger partial charge in [-0.2, -0.15) is 0 Å². The van der Waals surface area contributed by atoms with Crippen molar-refractivity contribution in [2.45, 2.75) is 77.7 Å². The number of nitrogens with one attached hydrogen (secondary N) is 2. The van der Waals surface area contributed by atoms with Crippen molar-refractivity contribution in [1.82, 2.24) is 10.3 Å². The Hall–Kier alpha value is -2.30. The summed E-state index contributed by atoms with van der Waals surface area (Å²) in [5, 5.41) is 13.3. The van der Waals surface area contributed by atoms with Crippen molar-refractivity contribution in [1.29, 1.82) is 0 Å². The number of aryl methyl sites for hydroxylation is 1. The van der Waals surface area contributed by atoms with Crippen molar-refractivity contribution in [3.63, 3.8) is 0 Å². The van der Waals surface area contributed by atoms with Crippen LogP contribution in [0.1, 0.15) is 69.5 Å². The number of aromatic amines is 1. The van der Waals surface area contributed by atoms with Crippen LogP contribution in [0.5, 0.6) is 0 Å². The quantitative estimate of drug-likeness (QED) is 0.471. The molecule has 1 aromatic heterocycles. The van der Waals surface area contributed by atoms with Gasteiger partial charge in [0.2, 0.25) is 5.91 Å². The van der Waals surface area contributed by atoms with Crippen molar-refractivity contribution < 1.29 is 14.7 Å². The summed E-state index contributed by atoms with van der Waals surface area (Å²) in [6.07, 6.45) is 8.64. The summed E-state index contributed by atoms with van der Waals surface area (Å²) in [7, 11) is 0. The molecule has 0 aliphatic heterocycles. The highest BCUT2D eigenvalue weighted by Gasteiger charge is 2.22. The van der Waals surface area contributed by atoms with Crippen molar-refractivity contribution in [2.75, 3.05) is 0 Å². The summed E-state index contributed by atoms with van der Waals surface area (Å²) < 4.78 is 0. The van der Waals surface area contributed by atoms with Crippen LogP contribution in [0.15, 0.2) is 24.3 Å². The third kappa shape index (κ3) is 6.42. The molecule has 3 N–H and O–H groups in total. The number of amides is 1. The minimum Gasteiger partial charge on any atom is -0.480 e. The first-order valence-electron chi connectivity index (χ1n) is 10.1. The van der Waals surface area contributed by atoms with E-state index in [2.05, 4.69) is 17.2 Å². The van der Waals surface area contributed by atoms with Gasteiger partial charge in [0.25, 0.3) is 0 Å². The molecule has 5 heteroatoms. The molecule has 2 rings (SSSR count). The largest absolute Gasteiger partial charge is 0.480 e. The van der Waals surface area contributed by atoms with Crippen LogP contribution in [0.4, 0.5) is 0 Å². The average molecular weight is 373 g/mol. The lowest BCUT2D eigenvalue weighted by Gasteiger charge is -2.15. The van der Waals surface area contributed by atoms with E-state index in [1.807, 2.05) is 31.2 Å². The highest BCUT2D eigenvalue weighted by atomic mass is 16.4. The Balaban J connectivity index is 1.85. The van der Waals surface area contributed by atoms with E-state index in [0.717, 1.165) is 41.4 Å². The molecule has 0 spiro atoms. The Morgan fingerprint density at radius 3 is 2.44 bits per heavy atom. The monoisotopic (exact) mass is 372 g/mol. The molecule has 0 radical (unpaired) electrons. The normalized spacial score (nSPS) is 12.2. The highest BCUT2D eigenvalue weighted by Crippen LogP contribution is 2.23. The first-order valence-corrected chi connectivity index (χ1v) is 10.1. The summed E-state index contributed by atoms with van der Waals surface area (Å²) in [6.45, 7) is 4.13. The molecule has 0 saturated carbocycles. The van der Waals surface area contributed by atoms with E-state index in [4.69, 9.17) is 0 Å². The van der Waals surface area contributed by atoms with Crippen molar-refractivity contribution >= 4 is 22.8 Å². The van der Waals surface area contributed by atoms with E-state index < -0.39 is 12.0 Å². The molecule has 0 bridgehead atoms. The number of benzene rings is 1. The third-order valence-electron chi connectivity index (χ3n) is 5.08. The van der Waals surface area contributed by atoms with E-state index in [1.165, 1.54) is 25.7 Å². The van der Waals surface area contributed by atoms with Crippen molar-refractivity contribution in [2.24, 2.45) is 0 Å². The Morgan fingerprint density at radius 2 is 1.74 bits per heavy atom. The summed E-state index contributed by atoms with van der Waals surface area (Å²) in [5.74, 6) is -1.17. The molecule has 1 aromatic carbocycles.